The van der Waals surface area contributed by atoms with Gasteiger partial charge in [0.15, 0.2) is 0 Å². The third-order valence-electron chi connectivity index (χ3n) is 4.37. The number of carboxylic acid groups (broad SMARTS) is 1. The minimum atomic E-state index is -2.41. The molecule has 2 amide bonds. The van der Waals surface area contributed by atoms with Crippen LogP contribution < -0.4 is 5.32 Å². The lowest BCUT2D eigenvalue weighted by molar-refractivity contribution is -0.150. The first-order valence-electron chi connectivity index (χ1n) is 8.39. The maximum absolute atomic E-state index is 14.2. The van der Waals surface area contributed by atoms with E-state index in [4.69, 9.17) is 5.11 Å². The van der Waals surface area contributed by atoms with Crippen molar-refractivity contribution >= 4 is 29.5 Å². The Morgan fingerprint density at radius 3 is 2.62 bits per heavy atom. The van der Waals surface area contributed by atoms with Gasteiger partial charge in [0, 0.05) is 13.0 Å². The van der Waals surface area contributed by atoms with Crippen molar-refractivity contribution in [1.82, 2.24) is 10.2 Å². The molecule has 2 unspecified atom stereocenters. The molecular formula is C18H23FN2O4S. The summed E-state index contributed by atoms with van der Waals surface area (Å²) in [4.78, 5) is 37.2. The summed E-state index contributed by atoms with van der Waals surface area (Å²) in [5, 5.41) is 11.7. The van der Waals surface area contributed by atoms with E-state index in [1.807, 2.05) is 36.6 Å². The van der Waals surface area contributed by atoms with Crippen LogP contribution in [-0.4, -0.2) is 64.6 Å². The molecule has 1 aromatic rings. The zero-order chi connectivity index (χ0) is 19.2. The van der Waals surface area contributed by atoms with E-state index < -0.39 is 30.1 Å². The van der Waals surface area contributed by atoms with E-state index in [9.17, 15) is 18.8 Å². The summed E-state index contributed by atoms with van der Waals surface area (Å²) in [6, 6.07) is 8.37. The van der Waals surface area contributed by atoms with Gasteiger partial charge in [-0.2, -0.15) is 11.8 Å². The fourth-order valence-corrected chi connectivity index (χ4v) is 3.35. The van der Waals surface area contributed by atoms with Crippen LogP contribution in [0.5, 0.6) is 0 Å². The van der Waals surface area contributed by atoms with Gasteiger partial charge in [-0.15, -0.1) is 0 Å². The van der Waals surface area contributed by atoms with Crippen molar-refractivity contribution in [3.63, 3.8) is 0 Å². The van der Waals surface area contributed by atoms with Crippen LogP contribution in [0.25, 0.3) is 0 Å². The summed E-state index contributed by atoms with van der Waals surface area (Å²) in [6.07, 6.45) is 2.21. The zero-order valence-electron chi connectivity index (χ0n) is 14.6. The van der Waals surface area contributed by atoms with Crippen LogP contribution in [0.3, 0.4) is 0 Å². The lowest BCUT2D eigenvalue weighted by Gasteiger charge is -2.24. The van der Waals surface area contributed by atoms with Crippen LogP contribution in [0, 0.1) is 0 Å². The molecular weight excluding hydrogens is 359 g/mol. The molecule has 1 aliphatic heterocycles. The summed E-state index contributed by atoms with van der Waals surface area (Å²) in [5.41, 5.74) is -1.58. The van der Waals surface area contributed by atoms with E-state index in [0.717, 1.165) is 5.56 Å². The van der Waals surface area contributed by atoms with E-state index in [-0.39, 0.29) is 25.3 Å². The highest BCUT2D eigenvalue weighted by atomic mass is 32.2. The Bertz CT molecular complexity index is 658. The summed E-state index contributed by atoms with van der Waals surface area (Å²) < 4.78 is 14.2. The number of carbonyl (C=O) groups excluding carboxylic acids is 2. The molecule has 2 N–H and O–H groups in total. The number of halogens is 1. The second-order valence-corrected chi connectivity index (χ2v) is 7.33. The molecule has 142 valence electrons. The first-order chi connectivity index (χ1) is 12.4. The molecule has 6 nitrogen and oxygen atoms in total. The molecule has 26 heavy (non-hydrogen) atoms. The maximum atomic E-state index is 14.2. The minimum absolute atomic E-state index is 0.0337. The predicted octanol–water partition coefficient (Wildman–Crippen LogP) is 1.49. The number of carboxylic acids is 1. The smallest absolute Gasteiger partial charge is 0.343 e. The van der Waals surface area contributed by atoms with Crippen molar-refractivity contribution in [3.8, 4) is 0 Å². The molecule has 0 saturated carbocycles. The number of amides is 2. The fourth-order valence-electron chi connectivity index (χ4n) is 2.88. The highest BCUT2D eigenvalue weighted by Crippen LogP contribution is 2.26. The molecule has 1 fully saturated rings. The van der Waals surface area contributed by atoms with Crippen molar-refractivity contribution in [3.05, 3.63) is 35.9 Å². The molecule has 8 heteroatoms. The van der Waals surface area contributed by atoms with Gasteiger partial charge in [0.05, 0.1) is 13.0 Å². The largest absolute Gasteiger partial charge is 0.479 e. The molecule has 0 bridgehead atoms. The quantitative estimate of drug-likeness (QED) is 0.711. The molecule has 2 atom stereocenters. The average molecular weight is 382 g/mol. The number of hydrogen-bond acceptors (Lipinski definition) is 4. The number of benzene rings is 1. The Kier molecular flexibility index (Phi) is 7.02. The number of aliphatic carboxylic acids is 1. The molecule has 1 aliphatic rings. The van der Waals surface area contributed by atoms with Gasteiger partial charge in [-0.25, -0.2) is 9.18 Å². The Morgan fingerprint density at radius 2 is 2.04 bits per heavy atom. The van der Waals surface area contributed by atoms with Gasteiger partial charge in [0.1, 0.15) is 6.04 Å². The van der Waals surface area contributed by atoms with Crippen molar-refractivity contribution in [2.24, 2.45) is 0 Å². The number of rotatable bonds is 8. The van der Waals surface area contributed by atoms with Crippen LogP contribution in [0.15, 0.2) is 30.3 Å². The molecule has 0 spiro atoms. The molecule has 1 saturated heterocycles. The Morgan fingerprint density at radius 1 is 1.35 bits per heavy atom. The average Bonchev–Trinajstić information content (AvgIpc) is 3.02. The Labute approximate surface area is 156 Å². The van der Waals surface area contributed by atoms with Crippen molar-refractivity contribution in [1.29, 1.82) is 0 Å². The minimum Gasteiger partial charge on any atom is -0.479 e. The first kappa shape index (κ1) is 20.2. The van der Waals surface area contributed by atoms with Crippen molar-refractivity contribution in [2.75, 3.05) is 25.1 Å². The number of likely N-dealkylation sites (tertiary alicyclic amines) is 1. The second-order valence-electron chi connectivity index (χ2n) is 6.34. The second kappa shape index (κ2) is 9.02. The van der Waals surface area contributed by atoms with Gasteiger partial charge in [-0.05, 0) is 24.0 Å². The number of nitrogens with zero attached hydrogens (tertiary/aromatic N) is 1. The molecule has 0 radical (unpaired) electrons. The standard InChI is InChI=1S/C18H23FN2O4S/c1-26-10-7-14(20-15(22)11-13-5-3-2-4-6-13)16(23)21-9-8-18(19,12-21)17(24)25/h2-6,14H,7-12H2,1H3,(H,20,22)(H,24,25). The molecule has 1 aromatic carbocycles. The van der Waals surface area contributed by atoms with E-state index >= 15 is 0 Å². The van der Waals surface area contributed by atoms with Gasteiger partial charge in [-0.3, -0.25) is 9.59 Å². The number of hydrogen-bond donors (Lipinski definition) is 2. The van der Waals surface area contributed by atoms with Gasteiger partial charge in [-0.1, -0.05) is 30.3 Å². The topological polar surface area (TPSA) is 86.7 Å². The highest BCUT2D eigenvalue weighted by Gasteiger charge is 2.47. The summed E-state index contributed by atoms with van der Waals surface area (Å²) in [5.74, 6) is -1.63. The first-order valence-corrected chi connectivity index (χ1v) is 9.78. The van der Waals surface area contributed by atoms with Crippen LogP contribution in [0.4, 0.5) is 4.39 Å². The highest BCUT2D eigenvalue weighted by molar-refractivity contribution is 7.98. The summed E-state index contributed by atoms with van der Waals surface area (Å²) in [7, 11) is 0. The van der Waals surface area contributed by atoms with Crippen LogP contribution in [0.1, 0.15) is 18.4 Å². The van der Waals surface area contributed by atoms with Crippen LogP contribution in [-0.2, 0) is 20.8 Å². The lowest BCUT2D eigenvalue weighted by Crippen LogP contribution is -2.50. The Balaban J connectivity index is 2.00. The van der Waals surface area contributed by atoms with Crippen LogP contribution >= 0.6 is 11.8 Å². The van der Waals surface area contributed by atoms with E-state index in [0.29, 0.717) is 12.2 Å². The molecule has 2 rings (SSSR count). The third-order valence-corrected chi connectivity index (χ3v) is 5.01. The fraction of sp³-hybridized carbons (Fsp3) is 0.500. The molecule has 0 aromatic heterocycles. The number of carbonyl (C=O) groups is 3. The van der Waals surface area contributed by atoms with Crippen molar-refractivity contribution < 1.29 is 23.9 Å². The number of alkyl halides is 1. The van der Waals surface area contributed by atoms with Crippen molar-refractivity contribution in [2.45, 2.75) is 31.0 Å². The Hall–Kier alpha value is -2.09. The van der Waals surface area contributed by atoms with Gasteiger partial charge >= 0.3 is 5.97 Å². The SMILES string of the molecule is CSCCC(NC(=O)Cc1ccccc1)C(=O)N1CCC(F)(C(=O)O)C1. The normalized spacial score (nSPS) is 20.6. The molecule has 0 aliphatic carbocycles. The van der Waals surface area contributed by atoms with Gasteiger partial charge < -0.3 is 15.3 Å². The summed E-state index contributed by atoms with van der Waals surface area (Å²) >= 11 is 1.54. The zero-order valence-corrected chi connectivity index (χ0v) is 15.4. The maximum Gasteiger partial charge on any atom is 0.343 e. The number of thioether (sulfide) groups is 1. The van der Waals surface area contributed by atoms with Crippen LogP contribution in [0.2, 0.25) is 0 Å². The van der Waals surface area contributed by atoms with Gasteiger partial charge in [0.25, 0.3) is 0 Å². The van der Waals surface area contributed by atoms with E-state index in [2.05, 4.69) is 5.32 Å². The number of nitrogens with one attached hydrogen (secondary N) is 1. The molecule has 1 heterocycles. The predicted molar refractivity (Wildman–Crippen MR) is 97.7 cm³/mol. The summed E-state index contributed by atoms with van der Waals surface area (Å²) in [6.45, 7) is -0.447. The van der Waals surface area contributed by atoms with Gasteiger partial charge in [0.2, 0.25) is 17.5 Å². The van der Waals surface area contributed by atoms with E-state index in [1.165, 1.54) is 16.7 Å². The monoisotopic (exact) mass is 382 g/mol. The van der Waals surface area contributed by atoms with E-state index in [1.54, 1.807) is 0 Å². The third kappa shape index (κ3) is 5.20. The lowest BCUT2D eigenvalue weighted by atomic mass is 10.1.